The van der Waals surface area contributed by atoms with E-state index in [2.05, 4.69) is 18.8 Å². The molecule has 1 aromatic rings. The molecule has 3 nitrogen and oxygen atoms in total. The maximum absolute atomic E-state index is 5.49. The summed E-state index contributed by atoms with van der Waals surface area (Å²) in [6.45, 7) is 4.84. The van der Waals surface area contributed by atoms with E-state index in [1.807, 2.05) is 0 Å². The summed E-state index contributed by atoms with van der Waals surface area (Å²) in [6, 6.07) is 0. The number of hydrogen-bond acceptors (Lipinski definition) is 3. The summed E-state index contributed by atoms with van der Waals surface area (Å²) in [5.74, 6) is 1.59. The van der Waals surface area contributed by atoms with Crippen molar-refractivity contribution in [1.29, 1.82) is 0 Å². The summed E-state index contributed by atoms with van der Waals surface area (Å²) < 4.78 is 5.24. The third-order valence-corrected chi connectivity index (χ3v) is 2.15. The van der Waals surface area contributed by atoms with Gasteiger partial charge in [0.1, 0.15) is 5.76 Å². The van der Waals surface area contributed by atoms with Crippen LogP contribution < -0.4 is 5.73 Å². The fraction of sp³-hybridized carbons (Fsp3) is 0.667. The minimum Gasteiger partial charge on any atom is -0.448 e. The molecule has 3 heteroatoms. The van der Waals surface area contributed by atoms with E-state index in [4.69, 9.17) is 10.2 Å². The summed E-state index contributed by atoms with van der Waals surface area (Å²) in [5.41, 5.74) is 6.39. The van der Waals surface area contributed by atoms with E-state index in [1.54, 1.807) is 0 Å². The average molecular weight is 168 g/mol. The highest BCUT2D eigenvalue weighted by atomic mass is 16.3. The molecular weight excluding hydrogens is 152 g/mol. The lowest BCUT2D eigenvalue weighted by Crippen LogP contribution is -2.04. The number of hydrogen-bond donors (Lipinski definition) is 1. The van der Waals surface area contributed by atoms with Crippen LogP contribution in [0, 0.1) is 5.92 Å². The molecule has 0 aliphatic rings. The zero-order valence-corrected chi connectivity index (χ0v) is 7.71. The summed E-state index contributed by atoms with van der Waals surface area (Å²) in [5, 5.41) is 0. The van der Waals surface area contributed by atoms with Crippen LogP contribution in [-0.4, -0.2) is 4.98 Å². The number of nitrogens with zero attached hydrogens (tertiary/aromatic N) is 1. The molecule has 1 atom stereocenters. The van der Waals surface area contributed by atoms with Crippen LogP contribution in [-0.2, 0) is 13.0 Å². The van der Waals surface area contributed by atoms with Gasteiger partial charge < -0.3 is 10.2 Å². The topological polar surface area (TPSA) is 52.0 Å². The second-order valence-electron chi connectivity index (χ2n) is 3.14. The SMILES string of the molecule is CCC(C)Cc1ocnc1CN. The fourth-order valence-electron chi connectivity index (χ4n) is 1.09. The Morgan fingerprint density at radius 1 is 1.67 bits per heavy atom. The maximum Gasteiger partial charge on any atom is 0.181 e. The molecule has 12 heavy (non-hydrogen) atoms. The number of aromatic nitrogens is 1. The standard InChI is InChI=1S/C9H16N2O/c1-3-7(2)4-9-8(5-10)11-6-12-9/h6-7H,3-5,10H2,1-2H3. The van der Waals surface area contributed by atoms with Crippen molar-refractivity contribution in [2.75, 3.05) is 0 Å². The third-order valence-electron chi connectivity index (χ3n) is 2.15. The van der Waals surface area contributed by atoms with Gasteiger partial charge in [-0.15, -0.1) is 0 Å². The first-order valence-electron chi connectivity index (χ1n) is 4.39. The van der Waals surface area contributed by atoms with E-state index in [9.17, 15) is 0 Å². The van der Waals surface area contributed by atoms with Crippen LogP contribution in [0.4, 0.5) is 0 Å². The lowest BCUT2D eigenvalue weighted by atomic mass is 10.0. The second-order valence-corrected chi connectivity index (χ2v) is 3.14. The molecule has 0 aliphatic heterocycles. The largest absolute Gasteiger partial charge is 0.448 e. The molecule has 68 valence electrons. The first-order chi connectivity index (χ1) is 5.77. The van der Waals surface area contributed by atoms with Gasteiger partial charge in [-0.05, 0) is 5.92 Å². The van der Waals surface area contributed by atoms with Crippen LogP contribution in [0.5, 0.6) is 0 Å². The van der Waals surface area contributed by atoms with Gasteiger partial charge in [0.15, 0.2) is 6.39 Å². The zero-order valence-electron chi connectivity index (χ0n) is 7.71. The number of rotatable bonds is 4. The van der Waals surface area contributed by atoms with E-state index in [-0.39, 0.29) is 0 Å². The van der Waals surface area contributed by atoms with Gasteiger partial charge in [-0.1, -0.05) is 20.3 Å². The lowest BCUT2D eigenvalue weighted by Gasteiger charge is -2.05. The number of nitrogens with two attached hydrogens (primary N) is 1. The molecule has 1 heterocycles. The Morgan fingerprint density at radius 2 is 2.42 bits per heavy atom. The molecule has 0 spiro atoms. The van der Waals surface area contributed by atoms with E-state index in [0.29, 0.717) is 12.5 Å². The van der Waals surface area contributed by atoms with Crippen molar-refractivity contribution in [2.24, 2.45) is 11.7 Å². The second kappa shape index (κ2) is 4.26. The average Bonchev–Trinajstić information content (AvgIpc) is 2.51. The normalized spacial score (nSPS) is 13.2. The molecule has 1 aromatic heterocycles. The van der Waals surface area contributed by atoms with Crippen LogP contribution in [0.1, 0.15) is 31.7 Å². The van der Waals surface area contributed by atoms with Crippen molar-refractivity contribution in [3.63, 3.8) is 0 Å². The van der Waals surface area contributed by atoms with Gasteiger partial charge in [0.05, 0.1) is 5.69 Å². The Kier molecular flexibility index (Phi) is 3.29. The minimum absolute atomic E-state index is 0.474. The van der Waals surface area contributed by atoms with E-state index >= 15 is 0 Å². The van der Waals surface area contributed by atoms with Crippen molar-refractivity contribution in [1.82, 2.24) is 4.98 Å². The fourth-order valence-corrected chi connectivity index (χ4v) is 1.09. The molecule has 0 radical (unpaired) electrons. The van der Waals surface area contributed by atoms with Gasteiger partial charge >= 0.3 is 0 Å². The molecule has 2 N–H and O–H groups in total. The van der Waals surface area contributed by atoms with Crippen molar-refractivity contribution in [3.8, 4) is 0 Å². The Hall–Kier alpha value is -0.830. The summed E-state index contributed by atoms with van der Waals surface area (Å²) >= 11 is 0. The molecule has 1 unspecified atom stereocenters. The summed E-state index contributed by atoms with van der Waals surface area (Å²) in [7, 11) is 0. The van der Waals surface area contributed by atoms with E-state index < -0.39 is 0 Å². The first kappa shape index (κ1) is 9.26. The van der Waals surface area contributed by atoms with Crippen molar-refractivity contribution in [3.05, 3.63) is 17.8 Å². The van der Waals surface area contributed by atoms with E-state index in [0.717, 1.165) is 24.3 Å². The van der Waals surface area contributed by atoms with Crippen LogP contribution in [0.15, 0.2) is 10.8 Å². The Balaban J connectivity index is 2.61. The minimum atomic E-state index is 0.474. The van der Waals surface area contributed by atoms with Crippen LogP contribution in [0.25, 0.3) is 0 Å². The zero-order chi connectivity index (χ0) is 8.97. The van der Waals surface area contributed by atoms with Crippen molar-refractivity contribution in [2.45, 2.75) is 33.2 Å². The highest BCUT2D eigenvalue weighted by Gasteiger charge is 2.09. The molecule has 0 saturated carbocycles. The molecular formula is C9H16N2O. The van der Waals surface area contributed by atoms with Crippen LogP contribution in [0.3, 0.4) is 0 Å². The molecule has 0 aromatic carbocycles. The molecule has 0 fully saturated rings. The predicted molar refractivity (Wildman–Crippen MR) is 47.6 cm³/mol. The van der Waals surface area contributed by atoms with Crippen LogP contribution >= 0.6 is 0 Å². The maximum atomic E-state index is 5.49. The molecule has 0 saturated heterocycles. The summed E-state index contributed by atoms with van der Waals surface area (Å²) in [4.78, 5) is 4.03. The quantitative estimate of drug-likeness (QED) is 0.744. The molecule has 1 rings (SSSR count). The predicted octanol–water partition coefficient (Wildman–Crippen LogP) is 1.72. The highest BCUT2D eigenvalue weighted by Crippen LogP contribution is 2.14. The van der Waals surface area contributed by atoms with Gasteiger partial charge in [-0.2, -0.15) is 0 Å². The molecule has 0 amide bonds. The lowest BCUT2D eigenvalue weighted by molar-refractivity contribution is 0.445. The molecule has 0 aliphatic carbocycles. The highest BCUT2D eigenvalue weighted by molar-refractivity contribution is 5.07. The summed E-state index contributed by atoms with van der Waals surface area (Å²) in [6.07, 6.45) is 3.58. The van der Waals surface area contributed by atoms with Gasteiger partial charge in [0.2, 0.25) is 0 Å². The van der Waals surface area contributed by atoms with Crippen LogP contribution in [0.2, 0.25) is 0 Å². The van der Waals surface area contributed by atoms with Gasteiger partial charge in [-0.25, -0.2) is 4.98 Å². The van der Waals surface area contributed by atoms with Gasteiger partial charge in [0.25, 0.3) is 0 Å². The Labute approximate surface area is 73.0 Å². The van der Waals surface area contributed by atoms with Crippen molar-refractivity contribution >= 4 is 0 Å². The monoisotopic (exact) mass is 168 g/mol. The smallest absolute Gasteiger partial charge is 0.181 e. The van der Waals surface area contributed by atoms with Gasteiger partial charge in [-0.3, -0.25) is 0 Å². The van der Waals surface area contributed by atoms with Gasteiger partial charge in [0, 0.05) is 13.0 Å². The molecule has 0 bridgehead atoms. The first-order valence-corrected chi connectivity index (χ1v) is 4.39. The Bertz CT molecular complexity index is 232. The number of oxazole rings is 1. The Morgan fingerprint density at radius 3 is 3.00 bits per heavy atom. The van der Waals surface area contributed by atoms with E-state index in [1.165, 1.54) is 6.39 Å². The third kappa shape index (κ3) is 2.08. The van der Waals surface area contributed by atoms with Crippen molar-refractivity contribution < 1.29 is 4.42 Å².